The summed E-state index contributed by atoms with van der Waals surface area (Å²) < 4.78 is 5.72. The summed E-state index contributed by atoms with van der Waals surface area (Å²) in [6.07, 6.45) is -0.465. The van der Waals surface area contributed by atoms with E-state index in [1.807, 2.05) is 38.1 Å². The molecule has 4 heteroatoms. The number of hydrogen-bond acceptors (Lipinski definition) is 3. The lowest BCUT2D eigenvalue weighted by molar-refractivity contribution is -0.136. The molecule has 4 nitrogen and oxygen atoms in total. The first-order valence-electron chi connectivity index (χ1n) is 6.74. The molecule has 0 fully saturated rings. The summed E-state index contributed by atoms with van der Waals surface area (Å²) in [6.45, 7) is 8.22. The molecular weight excluding hydrogens is 240 g/mol. The van der Waals surface area contributed by atoms with Crippen molar-refractivity contribution in [2.45, 2.75) is 26.9 Å². The smallest absolute Gasteiger partial charge is 0.263 e. The quantitative estimate of drug-likeness (QED) is 0.764. The molecule has 0 aromatic heterocycles. The zero-order chi connectivity index (χ0) is 14.3. The average molecular weight is 264 g/mol. The lowest BCUT2D eigenvalue weighted by atomic mass is 10.2. The van der Waals surface area contributed by atoms with Crippen LogP contribution in [0.15, 0.2) is 24.3 Å². The second-order valence-electron chi connectivity index (χ2n) is 4.64. The van der Waals surface area contributed by atoms with Gasteiger partial charge in [-0.3, -0.25) is 4.79 Å². The van der Waals surface area contributed by atoms with Crippen LogP contribution in [-0.2, 0) is 4.79 Å². The number of carbonyl (C=O) groups is 1. The Bertz CT molecular complexity index is 407. The lowest BCUT2D eigenvalue weighted by Crippen LogP contribution is -2.41. The van der Waals surface area contributed by atoms with E-state index in [9.17, 15) is 4.79 Å². The van der Waals surface area contributed by atoms with Crippen LogP contribution in [0.5, 0.6) is 5.75 Å². The van der Waals surface area contributed by atoms with Crippen LogP contribution in [0.3, 0.4) is 0 Å². The molecule has 1 amide bonds. The minimum absolute atomic E-state index is 0.00107. The van der Waals surface area contributed by atoms with E-state index in [4.69, 9.17) is 4.74 Å². The number of nitrogens with one attached hydrogen (secondary N) is 1. The first kappa shape index (κ1) is 15.5. The van der Waals surface area contributed by atoms with Crippen LogP contribution < -0.4 is 10.1 Å². The zero-order valence-electron chi connectivity index (χ0n) is 12.3. The highest BCUT2D eigenvalue weighted by Crippen LogP contribution is 2.18. The van der Waals surface area contributed by atoms with E-state index in [0.717, 1.165) is 24.4 Å². The molecule has 0 aliphatic rings. The third-order valence-corrected chi connectivity index (χ3v) is 3.00. The fourth-order valence-electron chi connectivity index (χ4n) is 1.77. The second-order valence-corrected chi connectivity index (χ2v) is 4.64. The topological polar surface area (TPSA) is 41.6 Å². The fourth-order valence-corrected chi connectivity index (χ4v) is 1.77. The van der Waals surface area contributed by atoms with Gasteiger partial charge in [-0.05, 0) is 32.0 Å². The Labute approximate surface area is 115 Å². The normalized spacial score (nSPS) is 12.0. The predicted molar refractivity (Wildman–Crippen MR) is 77.4 cm³/mol. The van der Waals surface area contributed by atoms with E-state index < -0.39 is 6.10 Å². The Kier molecular flexibility index (Phi) is 6.36. The molecule has 1 rings (SSSR count). The molecule has 1 aromatic rings. The molecule has 19 heavy (non-hydrogen) atoms. The number of amides is 1. The molecule has 0 bridgehead atoms. The highest BCUT2D eigenvalue weighted by molar-refractivity contribution is 5.80. The summed E-state index contributed by atoms with van der Waals surface area (Å²) in [7, 11) is 1.80. The molecule has 1 unspecified atom stereocenters. The fraction of sp³-hybridized carbons (Fsp3) is 0.533. The highest BCUT2D eigenvalue weighted by atomic mass is 16.5. The van der Waals surface area contributed by atoms with Crippen LogP contribution in [0, 0.1) is 6.92 Å². The van der Waals surface area contributed by atoms with Crippen molar-refractivity contribution in [3.63, 3.8) is 0 Å². The number of para-hydroxylation sites is 1. The molecule has 1 aromatic carbocycles. The van der Waals surface area contributed by atoms with E-state index in [0.29, 0.717) is 6.54 Å². The van der Waals surface area contributed by atoms with E-state index >= 15 is 0 Å². The van der Waals surface area contributed by atoms with E-state index in [1.165, 1.54) is 0 Å². The Hall–Kier alpha value is -1.55. The number of aryl methyl sites for hydroxylation is 1. The van der Waals surface area contributed by atoms with Gasteiger partial charge in [-0.25, -0.2) is 0 Å². The molecule has 0 heterocycles. The Morgan fingerprint density at radius 1 is 1.42 bits per heavy atom. The van der Waals surface area contributed by atoms with Crippen LogP contribution in [0.4, 0.5) is 0 Å². The standard InChI is InChI=1S/C15H24N2O2/c1-5-16-10-11-17(4)15(18)13(3)19-14-9-7-6-8-12(14)2/h6-9,13,16H,5,10-11H2,1-4H3. The monoisotopic (exact) mass is 264 g/mol. The van der Waals surface area contributed by atoms with Crippen LogP contribution >= 0.6 is 0 Å². The van der Waals surface area contributed by atoms with Gasteiger partial charge in [-0.15, -0.1) is 0 Å². The van der Waals surface area contributed by atoms with Crippen molar-refractivity contribution in [1.82, 2.24) is 10.2 Å². The van der Waals surface area contributed by atoms with Crippen molar-refractivity contribution < 1.29 is 9.53 Å². The number of hydrogen-bond donors (Lipinski definition) is 1. The van der Waals surface area contributed by atoms with Crippen LogP contribution in [0.25, 0.3) is 0 Å². The molecular formula is C15H24N2O2. The molecule has 1 atom stereocenters. The predicted octanol–water partition coefficient (Wildman–Crippen LogP) is 1.83. The Morgan fingerprint density at radius 3 is 2.74 bits per heavy atom. The Balaban J connectivity index is 2.50. The third kappa shape index (κ3) is 4.91. The summed E-state index contributed by atoms with van der Waals surface area (Å²) in [6, 6.07) is 7.73. The number of likely N-dealkylation sites (N-methyl/N-ethyl adjacent to an activating group) is 2. The zero-order valence-corrected chi connectivity index (χ0v) is 12.3. The van der Waals surface area contributed by atoms with Crippen molar-refractivity contribution >= 4 is 5.91 Å². The molecule has 0 saturated carbocycles. The maximum absolute atomic E-state index is 12.1. The van der Waals surface area contributed by atoms with Gasteiger partial charge in [0.05, 0.1) is 0 Å². The lowest BCUT2D eigenvalue weighted by Gasteiger charge is -2.22. The number of nitrogens with zero attached hydrogens (tertiary/aromatic N) is 1. The summed E-state index contributed by atoms with van der Waals surface area (Å²) in [5, 5.41) is 3.20. The molecule has 0 radical (unpaired) electrons. The van der Waals surface area contributed by atoms with E-state index in [1.54, 1.807) is 18.9 Å². The SMILES string of the molecule is CCNCCN(C)C(=O)C(C)Oc1ccccc1C. The maximum atomic E-state index is 12.1. The summed E-state index contributed by atoms with van der Waals surface area (Å²) in [5.41, 5.74) is 1.04. The number of rotatable bonds is 7. The van der Waals surface area contributed by atoms with Gasteiger partial charge in [0.2, 0.25) is 0 Å². The molecule has 0 saturated heterocycles. The van der Waals surface area contributed by atoms with Gasteiger partial charge >= 0.3 is 0 Å². The van der Waals surface area contributed by atoms with Gasteiger partial charge in [-0.2, -0.15) is 0 Å². The minimum Gasteiger partial charge on any atom is -0.481 e. The van der Waals surface area contributed by atoms with E-state index in [2.05, 4.69) is 5.32 Å². The molecule has 1 N–H and O–H groups in total. The van der Waals surface area contributed by atoms with Crippen molar-refractivity contribution in [1.29, 1.82) is 0 Å². The average Bonchev–Trinajstić information content (AvgIpc) is 2.40. The largest absolute Gasteiger partial charge is 0.481 e. The first-order chi connectivity index (χ1) is 9.06. The van der Waals surface area contributed by atoms with Gasteiger partial charge < -0.3 is 15.0 Å². The molecule has 0 spiro atoms. The van der Waals surface area contributed by atoms with Gasteiger partial charge in [0.1, 0.15) is 5.75 Å². The minimum atomic E-state index is -0.465. The van der Waals surface area contributed by atoms with Gasteiger partial charge in [0, 0.05) is 20.1 Å². The number of carbonyl (C=O) groups excluding carboxylic acids is 1. The maximum Gasteiger partial charge on any atom is 0.263 e. The number of ether oxygens (including phenoxy) is 1. The summed E-state index contributed by atoms with van der Waals surface area (Å²) in [4.78, 5) is 13.8. The van der Waals surface area contributed by atoms with Crippen LogP contribution in [0.1, 0.15) is 19.4 Å². The van der Waals surface area contributed by atoms with Crippen molar-refractivity contribution in [2.24, 2.45) is 0 Å². The molecule has 0 aliphatic heterocycles. The van der Waals surface area contributed by atoms with Gasteiger partial charge in [0.25, 0.3) is 5.91 Å². The molecule has 106 valence electrons. The van der Waals surface area contributed by atoms with Crippen molar-refractivity contribution in [3.8, 4) is 5.75 Å². The van der Waals surface area contributed by atoms with Gasteiger partial charge in [0.15, 0.2) is 6.10 Å². The highest BCUT2D eigenvalue weighted by Gasteiger charge is 2.19. The molecule has 0 aliphatic carbocycles. The summed E-state index contributed by atoms with van der Waals surface area (Å²) >= 11 is 0. The van der Waals surface area contributed by atoms with Crippen LogP contribution in [-0.4, -0.2) is 43.6 Å². The van der Waals surface area contributed by atoms with Crippen molar-refractivity contribution in [3.05, 3.63) is 29.8 Å². The first-order valence-corrected chi connectivity index (χ1v) is 6.74. The Morgan fingerprint density at radius 2 is 2.11 bits per heavy atom. The van der Waals surface area contributed by atoms with Crippen molar-refractivity contribution in [2.75, 3.05) is 26.7 Å². The summed E-state index contributed by atoms with van der Waals surface area (Å²) in [5.74, 6) is 0.768. The second kappa shape index (κ2) is 7.79. The van der Waals surface area contributed by atoms with E-state index in [-0.39, 0.29) is 5.91 Å². The van der Waals surface area contributed by atoms with Gasteiger partial charge in [-0.1, -0.05) is 25.1 Å². The third-order valence-electron chi connectivity index (χ3n) is 3.00. The number of benzene rings is 1. The van der Waals surface area contributed by atoms with Crippen LogP contribution in [0.2, 0.25) is 0 Å².